The minimum atomic E-state index is -0.907. The molecule has 0 spiro atoms. The second kappa shape index (κ2) is 6.00. The zero-order chi connectivity index (χ0) is 16.7. The minimum Gasteiger partial charge on any atom is -0.486 e. The summed E-state index contributed by atoms with van der Waals surface area (Å²) < 4.78 is 11.0. The molecule has 0 aromatic heterocycles. The van der Waals surface area contributed by atoms with Crippen LogP contribution >= 0.6 is 0 Å². The average Bonchev–Trinajstić information content (AvgIpc) is 3.00. The molecule has 0 unspecified atom stereocenters. The molecule has 2 aliphatic heterocycles. The van der Waals surface area contributed by atoms with Crippen LogP contribution in [0.2, 0.25) is 0 Å². The number of hydrogen-bond donors (Lipinski definition) is 1. The number of carboxylic acids is 1. The van der Waals surface area contributed by atoms with Crippen LogP contribution in [0, 0.1) is 5.92 Å². The van der Waals surface area contributed by atoms with Gasteiger partial charge in [0.25, 0.3) is 5.91 Å². The van der Waals surface area contributed by atoms with Crippen molar-refractivity contribution < 1.29 is 24.2 Å². The molecule has 1 N–H and O–H groups in total. The Bertz CT molecular complexity index is 673. The predicted molar refractivity (Wildman–Crippen MR) is 85.4 cm³/mol. The number of carbonyl (C=O) groups is 2. The quantitative estimate of drug-likeness (QED) is 0.900. The zero-order valence-electron chi connectivity index (χ0n) is 13.4. The van der Waals surface area contributed by atoms with Crippen LogP contribution in [0.5, 0.6) is 11.5 Å². The molecule has 3 atom stereocenters. The Morgan fingerprint density at radius 1 is 1.08 bits per heavy atom. The van der Waals surface area contributed by atoms with Crippen molar-refractivity contribution >= 4 is 11.9 Å². The second-order valence-electron chi connectivity index (χ2n) is 6.77. The number of hydrogen-bond acceptors (Lipinski definition) is 4. The Kier molecular flexibility index (Phi) is 3.82. The van der Waals surface area contributed by atoms with E-state index in [-0.39, 0.29) is 11.9 Å². The molecular weight excluding hydrogens is 310 g/mol. The molecule has 4 rings (SSSR count). The summed E-state index contributed by atoms with van der Waals surface area (Å²) in [5, 5.41) is 9.58. The van der Waals surface area contributed by atoms with Crippen molar-refractivity contribution in [1.29, 1.82) is 0 Å². The van der Waals surface area contributed by atoms with E-state index in [0.29, 0.717) is 42.6 Å². The van der Waals surface area contributed by atoms with Crippen molar-refractivity contribution in [3.8, 4) is 11.5 Å². The molecule has 2 heterocycles. The standard InChI is InChI=1S/C18H21NO5/c20-17(12-5-6-15-16(10-12)24-8-7-23-15)19-13-4-2-1-3-11(13)9-14(19)18(21)22/h5-6,10-11,13-14H,1-4,7-9H2,(H,21,22)/t11-,13+,14+/m1/s1. The molecule has 2 fully saturated rings. The lowest BCUT2D eigenvalue weighted by molar-refractivity contribution is -0.141. The van der Waals surface area contributed by atoms with E-state index >= 15 is 0 Å². The molecule has 1 saturated heterocycles. The highest BCUT2D eigenvalue weighted by Gasteiger charge is 2.47. The SMILES string of the molecule is O=C(O)[C@@H]1C[C@H]2CCCC[C@@H]2N1C(=O)c1ccc2c(c1)OCCO2. The molecule has 3 aliphatic rings. The monoisotopic (exact) mass is 331 g/mol. The fourth-order valence-corrected chi connectivity index (χ4v) is 4.30. The van der Waals surface area contributed by atoms with Crippen LogP contribution in [0.25, 0.3) is 0 Å². The Balaban J connectivity index is 1.65. The fraction of sp³-hybridized carbons (Fsp3) is 0.556. The van der Waals surface area contributed by atoms with Gasteiger partial charge in [-0.3, -0.25) is 4.79 Å². The molecule has 1 amide bonds. The maximum atomic E-state index is 13.1. The van der Waals surface area contributed by atoms with Gasteiger partial charge in [0, 0.05) is 11.6 Å². The van der Waals surface area contributed by atoms with Gasteiger partial charge >= 0.3 is 5.97 Å². The van der Waals surface area contributed by atoms with E-state index in [2.05, 4.69) is 0 Å². The van der Waals surface area contributed by atoms with Crippen LogP contribution in [0.15, 0.2) is 18.2 Å². The van der Waals surface area contributed by atoms with Gasteiger partial charge in [0.1, 0.15) is 19.3 Å². The van der Waals surface area contributed by atoms with Crippen LogP contribution < -0.4 is 9.47 Å². The molecule has 24 heavy (non-hydrogen) atoms. The number of amides is 1. The Morgan fingerprint density at radius 3 is 2.62 bits per heavy atom. The first kappa shape index (κ1) is 15.3. The van der Waals surface area contributed by atoms with Gasteiger partial charge in [-0.1, -0.05) is 12.8 Å². The zero-order valence-corrected chi connectivity index (χ0v) is 13.4. The number of aliphatic carboxylic acids is 1. The first-order chi connectivity index (χ1) is 11.6. The van der Waals surface area contributed by atoms with Gasteiger partial charge in [0.2, 0.25) is 0 Å². The third-order valence-corrected chi connectivity index (χ3v) is 5.40. The number of carbonyl (C=O) groups excluding carboxylic acids is 1. The van der Waals surface area contributed by atoms with Crippen LogP contribution in [-0.4, -0.2) is 47.2 Å². The van der Waals surface area contributed by atoms with E-state index in [1.165, 1.54) is 0 Å². The van der Waals surface area contributed by atoms with Crippen molar-refractivity contribution in [2.75, 3.05) is 13.2 Å². The highest BCUT2D eigenvalue weighted by atomic mass is 16.6. The van der Waals surface area contributed by atoms with Gasteiger partial charge < -0.3 is 19.5 Å². The molecule has 1 aromatic rings. The number of nitrogens with zero attached hydrogens (tertiary/aromatic N) is 1. The summed E-state index contributed by atoms with van der Waals surface area (Å²) in [5.41, 5.74) is 0.469. The van der Waals surface area contributed by atoms with Crippen LogP contribution in [-0.2, 0) is 4.79 Å². The average molecular weight is 331 g/mol. The summed E-state index contributed by atoms with van der Waals surface area (Å²) in [5.74, 6) is 0.369. The largest absolute Gasteiger partial charge is 0.486 e. The van der Waals surface area contributed by atoms with Crippen molar-refractivity contribution in [3.63, 3.8) is 0 Å². The van der Waals surface area contributed by atoms with E-state index in [1.807, 2.05) is 0 Å². The van der Waals surface area contributed by atoms with Gasteiger partial charge in [0.05, 0.1) is 0 Å². The Morgan fingerprint density at radius 2 is 1.83 bits per heavy atom. The van der Waals surface area contributed by atoms with Gasteiger partial charge in [-0.05, 0) is 43.4 Å². The summed E-state index contributed by atoms with van der Waals surface area (Å²) in [6.07, 6.45) is 4.65. The van der Waals surface area contributed by atoms with Crippen molar-refractivity contribution in [2.45, 2.75) is 44.2 Å². The highest BCUT2D eigenvalue weighted by Crippen LogP contribution is 2.41. The molecule has 1 aromatic carbocycles. The molecule has 1 saturated carbocycles. The third kappa shape index (κ3) is 2.50. The lowest BCUT2D eigenvalue weighted by atomic mass is 9.84. The Hall–Kier alpha value is -2.24. The van der Waals surface area contributed by atoms with Gasteiger partial charge in [-0.15, -0.1) is 0 Å². The predicted octanol–water partition coefficient (Wildman–Crippen LogP) is 2.32. The third-order valence-electron chi connectivity index (χ3n) is 5.40. The maximum absolute atomic E-state index is 13.1. The van der Waals surface area contributed by atoms with Gasteiger partial charge in [-0.25, -0.2) is 4.79 Å². The highest BCUT2D eigenvalue weighted by molar-refractivity contribution is 5.98. The lowest BCUT2D eigenvalue weighted by Crippen LogP contribution is -2.46. The normalized spacial score (nSPS) is 28.3. The number of likely N-dealkylation sites (tertiary alicyclic amines) is 1. The lowest BCUT2D eigenvalue weighted by Gasteiger charge is -2.33. The van der Waals surface area contributed by atoms with E-state index in [1.54, 1.807) is 23.1 Å². The molecular formula is C18H21NO5. The summed E-state index contributed by atoms with van der Waals surface area (Å²) >= 11 is 0. The van der Waals surface area contributed by atoms with Crippen molar-refractivity contribution in [1.82, 2.24) is 4.90 Å². The summed E-state index contributed by atoms with van der Waals surface area (Å²) in [6.45, 7) is 0.952. The molecule has 6 heteroatoms. The fourth-order valence-electron chi connectivity index (χ4n) is 4.30. The van der Waals surface area contributed by atoms with Crippen LogP contribution in [0.3, 0.4) is 0 Å². The van der Waals surface area contributed by atoms with Gasteiger partial charge in [0.15, 0.2) is 11.5 Å². The van der Waals surface area contributed by atoms with E-state index < -0.39 is 12.0 Å². The molecule has 128 valence electrons. The van der Waals surface area contributed by atoms with Crippen molar-refractivity contribution in [2.24, 2.45) is 5.92 Å². The number of rotatable bonds is 2. The van der Waals surface area contributed by atoms with Gasteiger partial charge in [-0.2, -0.15) is 0 Å². The van der Waals surface area contributed by atoms with Crippen LogP contribution in [0.1, 0.15) is 42.5 Å². The summed E-state index contributed by atoms with van der Waals surface area (Å²) in [4.78, 5) is 26.4. The molecule has 1 aliphatic carbocycles. The smallest absolute Gasteiger partial charge is 0.326 e. The van der Waals surface area contributed by atoms with Crippen LogP contribution in [0.4, 0.5) is 0 Å². The topological polar surface area (TPSA) is 76.1 Å². The molecule has 6 nitrogen and oxygen atoms in total. The Labute approximate surface area is 140 Å². The number of fused-ring (bicyclic) bond motifs is 2. The summed E-state index contributed by atoms with van der Waals surface area (Å²) in [7, 11) is 0. The van der Waals surface area contributed by atoms with Crippen molar-refractivity contribution in [3.05, 3.63) is 23.8 Å². The minimum absolute atomic E-state index is 0.0422. The number of ether oxygens (including phenoxy) is 2. The first-order valence-electron chi connectivity index (χ1n) is 8.60. The van der Waals surface area contributed by atoms with E-state index in [4.69, 9.17) is 9.47 Å². The number of carboxylic acid groups (broad SMARTS) is 1. The van der Waals surface area contributed by atoms with E-state index in [0.717, 1.165) is 25.7 Å². The second-order valence-corrected chi connectivity index (χ2v) is 6.77. The molecule has 0 radical (unpaired) electrons. The maximum Gasteiger partial charge on any atom is 0.326 e. The van der Waals surface area contributed by atoms with E-state index in [9.17, 15) is 14.7 Å². The molecule has 0 bridgehead atoms. The summed E-state index contributed by atoms with van der Waals surface area (Å²) in [6, 6.07) is 4.42. The number of benzene rings is 1. The first-order valence-corrected chi connectivity index (χ1v) is 8.60.